The van der Waals surface area contributed by atoms with Crippen molar-refractivity contribution in [2.24, 2.45) is 0 Å². The summed E-state index contributed by atoms with van der Waals surface area (Å²) in [6.45, 7) is 20.1. The molecule has 0 spiro atoms. The summed E-state index contributed by atoms with van der Waals surface area (Å²) in [4.78, 5) is 37.6. The zero-order valence-electron chi connectivity index (χ0n) is 29.1. The molecule has 1 saturated heterocycles. The fourth-order valence-corrected chi connectivity index (χ4v) is 6.33. The number of aromatic nitrogens is 5. The van der Waals surface area contributed by atoms with Gasteiger partial charge >= 0.3 is 6.09 Å². The van der Waals surface area contributed by atoms with Crippen molar-refractivity contribution < 1.29 is 23.5 Å². The average Bonchev–Trinajstić information content (AvgIpc) is 3.51. The molecule has 2 amide bonds. The van der Waals surface area contributed by atoms with E-state index in [-0.39, 0.29) is 30.6 Å². The lowest BCUT2D eigenvalue weighted by Gasteiger charge is -2.33. The van der Waals surface area contributed by atoms with E-state index in [0.29, 0.717) is 66.2 Å². The normalized spacial score (nSPS) is 15.1. The van der Waals surface area contributed by atoms with Crippen molar-refractivity contribution in [3.05, 3.63) is 42.0 Å². The second-order valence-corrected chi connectivity index (χ2v) is 21.3. The standard InChI is InChI=1S/C34H48FN7O4Si/c1-33(2,3)38-31(43)25-20-41(21-45-16-17-47(7,8)9)30-29(25)37-26(19-36-30)28-24-11-10-22(35)18-27(24)42(39-28)23-12-14-40(15-13-23)32(44)46-34(4,5)6/h10-11,18-20,23H,12-17,21H2,1-9H3,(H,38,43). The van der Waals surface area contributed by atoms with E-state index >= 15 is 0 Å². The average molecular weight is 666 g/mol. The van der Waals surface area contributed by atoms with E-state index in [2.05, 4.69) is 25.0 Å². The zero-order valence-corrected chi connectivity index (χ0v) is 30.1. The van der Waals surface area contributed by atoms with Gasteiger partial charge in [-0.05, 0) is 78.6 Å². The van der Waals surface area contributed by atoms with Crippen LogP contribution in [0.1, 0.15) is 70.8 Å². The van der Waals surface area contributed by atoms with E-state index in [1.54, 1.807) is 23.4 Å². The first-order valence-corrected chi connectivity index (χ1v) is 20.0. The predicted molar refractivity (Wildman–Crippen MR) is 184 cm³/mol. The summed E-state index contributed by atoms with van der Waals surface area (Å²) in [5, 5.41) is 8.74. The van der Waals surface area contributed by atoms with Gasteiger partial charge in [0.1, 0.15) is 35.1 Å². The van der Waals surface area contributed by atoms with Crippen LogP contribution in [0.2, 0.25) is 25.7 Å². The maximum Gasteiger partial charge on any atom is 0.410 e. The lowest BCUT2D eigenvalue weighted by molar-refractivity contribution is 0.0186. The highest BCUT2D eigenvalue weighted by Crippen LogP contribution is 2.34. The Hall–Kier alpha value is -3.84. The van der Waals surface area contributed by atoms with E-state index in [4.69, 9.17) is 24.5 Å². The molecule has 0 aliphatic carbocycles. The van der Waals surface area contributed by atoms with Gasteiger partial charge in [-0.15, -0.1) is 0 Å². The van der Waals surface area contributed by atoms with E-state index in [9.17, 15) is 14.0 Å². The molecule has 254 valence electrons. The molecule has 1 aliphatic heterocycles. The van der Waals surface area contributed by atoms with Gasteiger partial charge < -0.3 is 24.3 Å². The van der Waals surface area contributed by atoms with Gasteiger partial charge in [0.15, 0.2) is 5.65 Å². The number of piperidine rings is 1. The first-order chi connectivity index (χ1) is 21.9. The summed E-state index contributed by atoms with van der Waals surface area (Å²) < 4.78 is 29.8. The van der Waals surface area contributed by atoms with E-state index < -0.39 is 19.2 Å². The van der Waals surface area contributed by atoms with Crippen molar-refractivity contribution >= 4 is 42.1 Å². The smallest absolute Gasteiger partial charge is 0.410 e. The molecule has 0 atom stereocenters. The fourth-order valence-electron chi connectivity index (χ4n) is 5.58. The number of nitrogens with one attached hydrogen (secondary N) is 1. The molecular formula is C34H48FN7O4Si. The fraction of sp³-hybridized carbons (Fsp3) is 0.559. The van der Waals surface area contributed by atoms with Crippen LogP contribution in [0.3, 0.4) is 0 Å². The lowest BCUT2D eigenvalue weighted by atomic mass is 10.1. The van der Waals surface area contributed by atoms with Crippen LogP contribution >= 0.6 is 0 Å². The Morgan fingerprint density at radius 3 is 2.43 bits per heavy atom. The monoisotopic (exact) mass is 665 g/mol. The molecule has 1 aliphatic rings. The molecule has 1 fully saturated rings. The molecule has 5 rings (SSSR count). The number of benzene rings is 1. The summed E-state index contributed by atoms with van der Waals surface area (Å²) in [5.74, 6) is -0.630. The molecular weight excluding hydrogens is 618 g/mol. The van der Waals surface area contributed by atoms with Gasteiger partial charge in [-0.2, -0.15) is 5.10 Å². The Morgan fingerprint density at radius 1 is 1.09 bits per heavy atom. The number of amides is 2. The first kappa shape index (κ1) is 34.5. The zero-order chi connectivity index (χ0) is 34.3. The van der Waals surface area contributed by atoms with Crippen LogP contribution < -0.4 is 5.32 Å². The number of halogens is 1. The third-order valence-electron chi connectivity index (χ3n) is 7.90. The number of fused-ring (bicyclic) bond motifs is 2. The number of hydrogen-bond donors (Lipinski definition) is 1. The first-order valence-electron chi connectivity index (χ1n) is 16.3. The molecule has 4 aromatic rings. The van der Waals surface area contributed by atoms with E-state index in [1.807, 2.05) is 50.8 Å². The molecule has 0 radical (unpaired) electrons. The maximum absolute atomic E-state index is 14.6. The number of likely N-dealkylation sites (tertiary alicyclic amines) is 1. The Kier molecular flexibility index (Phi) is 9.53. The van der Waals surface area contributed by atoms with Crippen LogP contribution in [0.4, 0.5) is 9.18 Å². The Morgan fingerprint density at radius 2 is 1.79 bits per heavy atom. The van der Waals surface area contributed by atoms with Gasteiger partial charge in [0, 0.05) is 44.9 Å². The summed E-state index contributed by atoms with van der Waals surface area (Å²) in [5.41, 5.74) is 1.99. The number of ether oxygens (including phenoxy) is 2. The SMILES string of the molecule is CC(C)(C)NC(=O)c1cn(COCC[Si](C)(C)C)c2ncc(-c3nn(C4CCN(C(=O)OC(C)(C)C)CC4)c4cc(F)ccc34)nc12. The second-order valence-electron chi connectivity index (χ2n) is 15.6. The minimum atomic E-state index is -1.27. The minimum absolute atomic E-state index is 0.0639. The van der Waals surface area contributed by atoms with Gasteiger partial charge in [0.2, 0.25) is 0 Å². The highest BCUT2D eigenvalue weighted by molar-refractivity contribution is 6.76. The predicted octanol–water partition coefficient (Wildman–Crippen LogP) is 7.00. The van der Waals surface area contributed by atoms with Crippen molar-refractivity contribution in [3.8, 4) is 11.4 Å². The molecule has 0 bridgehead atoms. The van der Waals surface area contributed by atoms with Crippen LogP contribution in [-0.2, 0) is 16.2 Å². The van der Waals surface area contributed by atoms with Crippen molar-refractivity contribution in [1.29, 1.82) is 0 Å². The van der Waals surface area contributed by atoms with Gasteiger partial charge in [0.25, 0.3) is 5.91 Å². The van der Waals surface area contributed by atoms with Gasteiger partial charge in [-0.3, -0.25) is 9.48 Å². The summed E-state index contributed by atoms with van der Waals surface area (Å²) >= 11 is 0. The Bertz CT molecular complexity index is 1770. The molecule has 1 N–H and O–H groups in total. The van der Waals surface area contributed by atoms with Gasteiger partial charge in [-0.25, -0.2) is 19.2 Å². The van der Waals surface area contributed by atoms with Crippen LogP contribution in [0.25, 0.3) is 33.5 Å². The third kappa shape index (κ3) is 8.36. The van der Waals surface area contributed by atoms with E-state index in [1.165, 1.54) is 12.1 Å². The molecule has 0 saturated carbocycles. The summed E-state index contributed by atoms with van der Waals surface area (Å²) in [7, 11) is -1.27. The summed E-state index contributed by atoms with van der Waals surface area (Å²) in [6.07, 6.45) is 4.32. The van der Waals surface area contributed by atoms with Crippen molar-refractivity contribution in [2.45, 2.75) is 104 Å². The number of hydrogen-bond acceptors (Lipinski definition) is 7. The Labute approximate surface area is 276 Å². The number of carbonyl (C=O) groups excluding carboxylic acids is 2. The second kappa shape index (κ2) is 13.0. The number of rotatable bonds is 8. The lowest BCUT2D eigenvalue weighted by Crippen LogP contribution is -2.42. The van der Waals surface area contributed by atoms with Crippen molar-refractivity contribution in [2.75, 3.05) is 19.7 Å². The van der Waals surface area contributed by atoms with Gasteiger partial charge in [0.05, 0.1) is 23.3 Å². The minimum Gasteiger partial charge on any atom is -0.444 e. The molecule has 11 nitrogen and oxygen atoms in total. The topological polar surface area (TPSA) is 116 Å². The number of carbonyl (C=O) groups is 2. The Balaban J connectivity index is 1.49. The van der Waals surface area contributed by atoms with Crippen LogP contribution in [0.15, 0.2) is 30.6 Å². The molecule has 0 unspecified atom stereocenters. The highest BCUT2D eigenvalue weighted by Gasteiger charge is 2.30. The quantitative estimate of drug-likeness (QED) is 0.159. The molecule has 47 heavy (non-hydrogen) atoms. The van der Waals surface area contributed by atoms with Crippen molar-refractivity contribution in [3.63, 3.8) is 0 Å². The molecule has 4 heterocycles. The van der Waals surface area contributed by atoms with Crippen LogP contribution in [0.5, 0.6) is 0 Å². The van der Waals surface area contributed by atoms with Crippen LogP contribution in [-0.4, -0.2) is 80.1 Å². The van der Waals surface area contributed by atoms with E-state index in [0.717, 1.165) is 11.4 Å². The molecule has 3 aromatic heterocycles. The maximum atomic E-state index is 14.6. The highest BCUT2D eigenvalue weighted by atomic mass is 28.3. The molecule has 1 aromatic carbocycles. The van der Waals surface area contributed by atoms with Crippen LogP contribution in [0, 0.1) is 5.82 Å². The summed E-state index contributed by atoms with van der Waals surface area (Å²) in [6, 6.07) is 5.55. The van der Waals surface area contributed by atoms with Gasteiger partial charge in [-0.1, -0.05) is 19.6 Å². The largest absolute Gasteiger partial charge is 0.444 e. The third-order valence-corrected chi connectivity index (χ3v) is 9.60. The van der Waals surface area contributed by atoms with Crippen molar-refractivity contribution in [1.82, 2.24) is 34.5 Å². The number of nitrogens with zero attached hydrogens (tertiary/aromatic N) is 6. The molecule has 13 heteroatoms.